The van der Waals surface area contributed by atoms with Crippen LogP contribution in [0.1, 0.15) is 38.8 Å². The molecule has 0 aromatic heterocycles. The number of aryl methyl sites for hydroxylation is 1. The number of halogens is 1. The molecule has 0 fully saturated rings. The molecule has 0 spiro atoms. The van der Waals surface area contributed by atoms with Crippen molar-refractivity contribution in [3.8, 4) is 0 Å². The SMILES string of the molecule is CCc1cc(Br)c2ccc3cc(C(C)(C)C)cc4ccc1c2c34. The lowest BCUT2D eigenvalue weighted by atomic mass is 9.83. The molecule has 0 unspecified atom stereocenters. The fourth-order valence-electron chi connectivity index (χ4n) is 3.67. The van der Waals surface area contributed by atoms with Crippen LogP contribution < -0.4 is 0 Å². The van der Waals surface area contributed by atoms with Gasteiger partial charge in [0.25, 0.3) is 0 Å². The van der Waals surface area contributed by atoms with Gasteiger partial charge in [0.15, 0.2) is 0 Å². The lowest BCUT2D eigenvalue weighted by Gasteiger charge is -2.22. The topological polar surface area (TPSA) is 0 Å². The first-order chi connectivity index (χ1) is 10.9. The maximum absolute atomic E-state index is 3.78. The molecule has 116 valence electrons. The van der Waals surface area contributed by atoms with Crippen LogP contribution in [0.15, 0.2) is 46.9 Å². The quantitative estimate of drug-likeness (QED) is 0.313. The van der Waals surface area contributed by atoms with Gasteiger partial charge in [-0.1, -0.05) is 80.0 Å². The summed E-state index contributed by atoms with van der Waals surface area (Å²) in [7, 11) is 0. The summed E-state index contributed by atoms with van der Waals surface area (Å²) in [6, 6.07) is 16.2. The van der Waals surface area contributed by atoms with E-state index < -0.39 is 0 Å². The molecule has 1 heteroatoms. The Bertz CT molecular complexity index is 1020. The highest BCUT2D eigenvalue weighted by Gasteiger charge is 2.18. The molecule has 4 rings (SSSR count). The second-order valence-electron chi connectivity index (χ2n) is 7.52. The molecule has 0 atom stereocenters. The second-order valence-corrected chi connectivity index (χ2v) is 8.37. The van der Waals surface area contributed by atoms with Crippen LogP contribution in [-0.4, -0.2) is 0 Å². The summed E-state index contributed by atoms with van der Waals surface area (Å²) in [5.41, 5.74) is 2.98. The normalized spacial score (nSPS) is 12.7. The van der Waals surface area contributed by atoms with E-state index in [-0.39, 0.29) is 5.41 Å². The number of hydrogen-bond acceptors (Lipinski definition) is 0. The summed E-state index contributed by atoms with van der Waals surface area (Å²) in [5.74, 6) is 0. The first kappa shape index (κ1) is 15.0. The van der Waals surface area contributed by atoms with Crippen LogP contribution in [0.4, 0.5) is 0 Å². The first-order valence-electron chi connectivity index (χ1n) is 8.30. The molecule has 0 aliphatic heterocycles. The third-order valence-corrected chi connectivity index (χ3v) is 5.65. The summed E-state index contributed by atoms with van der Waals surface area (Å²) in [6.45, 7) is 9.08. The van der Waals surface area contributed by atoms with Crippen LogP contribution in [-0.2, 0) is 11.8 Å². The molecule has 0 heterocycles. The second kappa shape index (κ2) is 4.95. The molecule has 4 aromatic carbocycles. The van der Waals surface area contributed by atoms with Crippen LogP contribution in [0, 0.1) is 0 Å². The molecule has 0 aliphatic carbocycles. The van der Waals surface area contributed by atoms with Crippen molar-refractivity contribution in [3.05, 3.63) is 58.1 Å². The molecule has 0 radical (unpaired) electrons. The van der Waals surface area contributed by atoms with Gasteiger partial charge < -0.3 is 0 Å². The van der Waals surface area contributed by atoms with E-state index in [2.05, 4.69) is 86.1 Å². The van der Waals surface area contributed by atoms with Gasteiger partial charge in [0.1, 0.15) is 0 Å². The van der Waals surface area contributed by atoms with Gasteiger partial charge in [0.2, 0.25) is 0 Å². The maximum Gasteiger partial charge on any atom is 0.0257 e. The number of rotatable bonds is 1. The first-order valence-corrected chi connectivity index (χ1v) is 9.10. The van der Waals surface area contributed by atoms with Crippen molar-refractivity contribution in [2.24, 2.45) is 0 Å². The largest absolute Gasteiger partial charge is 0.0613 e. The summed E-state index contributed by atoms with van der Waals surface area (Å²) in [4.78, 5) is 0. The highest BCUT2D eigenvalue weighted by Crippen LogP contribution is 2.41. The average molecular weight is 365 g/mol. The van der Waals surface area contributed by atoms with Crippen LogP contribution in [0.5, 0.6) is 0 Å². The maximum atomic E-state index is 3.78. The third-order valence-electron chi connectivity index (χ3n) is 5.00. The molecule has 0 saturated carbocycles. The van der Waals surface area contributed by atoms with E-state index in [4.69, 9.17) is 0 Å². The Hall–Kier alpha value is -1.60. The summed E-state index contributed by atoms with van der Waals surface area (Å²) >= 11 is 3.78. The van der Waals surface area contributed by atoms with Crippen molar-refractivity contribution in [1.82, 2.24) is 0 Å². The molecule has 0 bridgehead atoms. The van der Waals surface area contributed by atoms with Gasteiger partial charge in [-0.3, -0.25) is 0 Å². The Balaban J connectivity index is 2.25. The average Bonchev–Trinajstić information content (AvgIpc) is 2.52. The van der Waals surface area contributed by atoms with Crippen LogP contribution in [0.2, 0.25) is 0 Å². The van der Waals surface area contributed by atoms with Crippen LogP contribution in [0.3, 0.4) is 0 Å². The molecule has 0 aliphatic rings. The smallest absolute Gasteiger partial charge is 0.0257 e. The summed E-state index contributed by atoms with van der Waals surface area (Å²) in [5, 5.41) is 8.23. The Labute approximate surface area is 146 Å². The standard InChI is InChI=1S/C22H21Br/c1-5-13-12-19(23)18-9-7-15-11-16(22(2,3)4)10-14-6-8-17(13)21(18)20(14)15/h6-12H,5H2,1-4H3. The van der Waals surface area contributed by atoms with Gasteiger partial charge in [-0.05, 0) is 61.3 Å². The minimum atomic E-state index is 0.166. The molecular formula is C22H21Br. The van der Waals surface area contributed by atoms with Crippen molar-refractivity contribution >= 4 is 48.2 Å². The van der Waals surface area contributed by atoms with Crippen molar-refractivity contribution in [2.75, 3.05) is 0 Å². The van der Waals surface area contributed by atoms with Gasteiger partial charge in [0, 0.05) is 4.47 Å². The number of hydrogen-bond donors (Lipinski definition) is 0. The van der Waals surface area contributed by atoms with E-state index in [0.717, 1.165) is 6.42 Å². The molecule has 0 saturated heterocycles. The van der Waals surface area contributed by atoms with E-state index in [1.807, 2.05) is 0 Å². The lowest BCUT2D eigenvalue weighted by Crippen LogP contribution is -2.10. The fourth-order valence-corrected chi connectivity index (χ4v) is 4.27. The van der Waals surface area contributed by atoms with Crippen molar-refractivity contribution < 1.29 is 0 Å². The van der Waals surface area contributed by atoms with Gasteiger partial charge in [-0.25, -0.2) is 0 Å². The van der Waals surface area contributed by atoms with Crippen LogP contribution >= 0.6 is 15.9 Å². The Morgan fingerprint density at radius 3 is 2.00 bits per heavy atom. The summed E-state index contributed by atoms with van der Waals surface area (Å²) in [6.07, 6.45) is 1.06. The molecule has 4 aromatic rings. The Kier molecular flexibility index (Phi) is 3.22. The number of benzene rings is 4. The van der Waals surface area contributed by atoms with Crippen molar-refractivity contribution in [2.45, 2.75) is 39.5 Å². The molecule has 0 amide bonds. The highest BCUT2D eigenvalue weighted by atomic mass is 79.9. The van der Waals surface area contributed by atoms with Crippen molar-refractivity contribution in [1.29, 1.82) is 0 Å². The van der Waals surface area contributed by atoms with E-state index in [1.54, 1.807) is 0 Å². The molecule has 23 heavy (non-hydrogen) atoms. The van der Waals surface area contributed by atoms with E-state index >= 15 is 0 Å². The highest BCUT2D eigenvalue weighted by molar-refractivity contribution is 9.10. The molecule has 0 N–H and O–H groups in total. The minimum absolute atomic E-state index is 0.166. The predicted octanol–water partition coefficient (Wildman–Crippen LogP) is 7.21. The van der Waals surface area contributed by atoms with Crippen LogP contribution in [0.25, 0.3) is 32.3 Å². The minimum Gasteiger partial charge on any atom is -0.0613 e. The Morgan fingerprint density at radius 2 is 1.43 bits per heavy atom. The molecular weight excluding hydrogens is 344 g/mol. The molecule has 0 nitrogen and oxygen atoms in total. The van der Waals surface area contributed by atoms with E-state index in [9.17, 15) is 0 Å². The third kappa shape index (κ3) is 2.17. The Morgan fingerprint density at radius 1 is 0.826 bits per heavy atom. The summed E-state index contributed by atoms with van der Waals surface area (Å²) < 4.78 is 1.20. The zero-order valence-corrected chi connectivity index (χ0v) is 15.7. The van der Waals surface area contributed by atoms with Gasteiger partial charge in [-0.15, -0.1) is 0 Å². The van der Waals surface area contributed by atoms with Gasteiger partial charge in [-0.2, -0.15) is 0 Å². The van der Waals surface area contributed by atoms with Gasteiger partial charge in [0.05, 0.1) is 0 Å². The van der Waals surface area contributed by atoms with E-state index in [1.165, 1.54) is 47.9 Å². The predicted molar refractivity (Wildman–Crippen MR) is 106 cm³/mol. The van der Waals surface area contributed by atoms with Gasteiger partial charge >= 0.3 is 0 Å². The van der Waals surface area contributed by atoms with Crippen molar-refractivity contribution in [3.63, 3.8) is 0 Å². The monoisotopic (exact) mass is 364 g/mol. The fraction of sp³-hybridized carbons (Fsp3) is 0.273. The zero-order valence-electron chi connectivity index (χ0n) is 14.1. The van der Waals surface area contributed by atoms with E-state index in [0.29, 0.717) is 0 Å². The lowest BCUT2D eigenvalue weighted by molar-refractivity contribution is 0.591. The zero-order chi connectivity index (χ0) is 16.4.